The first-order valence-corrected chi connectivity index (χ1v) is 19.4. The smallest absolute Gasteiger partial charge is 0.224 e. The Hall–Kier alpha value is -3.87. The molecule has 2 aromatic carbocycles. The summed E-state index contributed by atoms with van der Waals surface area (Å²) in [4.78, 5) is 52.5. The molecule has 0 aliphatic heterocycles. The Morgan fingerprint density at radius 3 is 1.94 bits per heavy atom. The van der Waals surface area contributed by atoms with Crippen LogP contribution in [0.2, 0.25) is 0 Å². The zero-order chi connectivity index (χ0) is 39.1. The third-order valence-corrected chi connectivity index (χ3v) is 9.57. The number of Topliss-reactive ketones (excluding diaryl/α,β-unsaturated/α-hetero) is 1. The quantitative estimate of drug-likeness (QED) is 0.0618. The van der Waals surface area contributed by atoms with Crippen LogP contribution in [-0.2, 0) is 44.5 Å². The molecule has 0 fully saturated rings. The summed E-state index contributed by atoms with van der Waals surface area (Å²) in [6.45, 7) is 4.30. The summed E-state index contributed by atoms with van der Waals surface area (Å²) in [5.74, 6) is 5.57. The Morgan fingerprint density at radius 2 is 1.28 bits per heavy atom. The molecular formula is C40H58N5O8P. The number of hydrogen-bond donors (Lipinski definition) is 2. The lowest BCUT2D eigenvalue weighted by Crippen LogP contribution is -2.30. The van der Waals surface area contributed by atoms with Crippen LogP contribution in [0.15, 0.2) is 53.6 Å². The number of hydrogen-bond acceptors (Lipinski definition) is 11. The number of carbonyl (C=O) groups excluding carboxylic acids is 4. The number of likely N-dealkylation sites (N-methyl/N-ethyl adjacent to an activating group) is 1. The van der Waals surface area contributed by atoms with Crippen LogP contribution in [0.4, 0.5) is 0 Å². The maximum Gasteiger partial charge on any atom is 0.224 e. The van der Waals surface area contributed by atoms with E-state index in [2.05, 4.69) is 14.3 Å². The molecule has 0 saturated heterocycles. The largest absolute Gasteiger partial charge is 0.379 e. The predicted molar refractivity (Wildman–Crippen MR) is 212 cm³/mol. The van der Waals surface area contributed by atoms with Crippen molar-refractivity contribution in [1.82, 2.24) is 9.80 Å². The van der Waals surface area contributed by atoms with Gasteiger partial charge in [-0.1, -0.05) is 64.2 Å². The minimum atomic E-state index is -0.361. The van der Waals surface area contributed by atoms with Crippen molar-refractivity contribution >= 4 is 43.8 Å². The number of nitrogens with two attached hydrogens (primary N) is 1. The molecule has 0 radical (unpaired) electrons. The van der Waals surface area contributed by atoms with Crippen molar-refractivity contribution in [3.05, 3.63) is 70.8 Å². The fourth-order valence-electron chi connectivity index (χ4n) is 6.14. The lowest BCUT2D eigenvalue weighted by Gasteiger charge is -2.25. The van der Waals surface area contributed by atoms with E-state index in [1.165, 1.54) is 0 Å². The molecule has 0 saturated carbocycles. The standard InChI is InChI=1S/C40H58N5O8P/c1-44(37(48)18-21-50-23-25-52-27-28-53-26-24-51-22-20-45(2)36(47)16-10-17-38(49)54)19-9-3-4-15-35(46)34-29-30-11-5-6-12-31(30)39(41)40(43-42)33-14-8-7-13-32(33)34/h5-8,11-14,34,41H,3-4,9-10,15-29,42,54H2,1-2H3/b41-39?,43-40-. The molecule has 3 N–H and O–H groups in total. The van der Waals surface area contributed by atoms with Crippen molar-refractivity contribution in [1.29, 1.82) is 5.41 Å². The van der Waals surface area contributed by atoms with Gasteiger partial charge in [-0.15, -0.1) is 0 Å². The van der Waals surface area contributed by atoms with Crippen molar-refractivity contribution in [2.75, 3.05) is 80.0 Å². The second-order valence-electron chi connectivity index (χ2n) is 13.3. The first kappa shape index (κ1) is 44.5. The van der Waals surface area contributed by atoms with Crippen molar-refractivity contribution in [3.63, 3.8) is 0 Å². The Balaban J connectivity index is 1.20. The lowest BCUT2D eigenvalue weighted by atomic mass is 9.78. The van der Waals surface area contributed by atoms with E-state index in [1.54, 1.807) is 23.9 Å². The maximum absolute atomic E-state index is 13.6. The van der Waals surface area contributed by atoms with Crippen molar-refractivity contribution < 1.29 is 38.1 Å². The molecule has 13 nitrogen and oxygen atoms in total. The van der Waals surface area contributed by atoms with Gasteiger partial charge in [0.15, 0.2) is 0 Å². The molecule has 3 rings (SSSR count). The van der Waals surface area contributed by atoms with E-state index in [9.17, 15) is 19.2 Å². The molecule has 2 aromatic rings. The Morgan fingerprint density at radius 1 is 0.704 bits per heavy atom. The number of nitrogens with one attached hydrogen (secondary N) is 1. The Kier molecular flexibility index (Phi) is 20.8. The fourth-order valence-corrected chi connectivity index (χ4v) is 6.34. The van der Waals surface area contributed by atoms with Crippen molar-refractivity contribution in [2.45, 2.75) is 63.7 Å². The molecule has 0 aromatic heterocycles. The maximum atomic E-state index is 13.6. The van der Waals surface area contributed by atoms with Gasteiger partial charge >= 0.3 is 0 Å². The predicted octanol–water partition coefficient (Wildman–Crippen LogP) is 4.13. The molecule has 0 bridgehead atoms. The average molecular weight is 768 g/mol. The van der Waals surface area contributed by atoms with Gasteiger partial charge in [0.05, 0.1) is 65.0 Å². The number of ketones is 1. The number of benzene rings is 2. The third-order valence-electron chi connectivity index (χ3n) is 9.29. The van der Waals surface area contributed by atoms with Crippen LogP contribution in [0.5, 0.6) is 0 Å². The minimum Gasteiger partial charge on any atom is -0.379 e. The van der Waals surface area contributed by atoms with E-state index in [-0.39, 0.29) is 41.2 Å². The highest BCUT2D eigenvalue weighted by molar-refractivity contribution is 7.40. The van der Waals surface area contributed by atoms with Crippen molar-refractivity contribution in [2.24, 2.45) is 10.9 Å². The summed E-state index contributed by atoms with van der Waals surface area (Å²) in [5.41, 5.74) is 3.91. The first-order valence-electron chi connectivity index (χ1n) is 18.8. The van der Waals surface area contributed by atoms with Crippen LogP contribution < -0.4 is 5.84 Å². The number of rotatable bonds is 26. The first-order chi connectivity index (χ1) is 26.1. The van der Waals surface area contributed by atoms with E-state index < -0.39 is 0 Å². The second kappa shape index (κ2) is 25.3. The average Bonchev–Trinajstić information content (AvgIpc) is 3.16. The van der Waals surface area contributed by atoms with Crippen molar-refractivity contribution in [3.8, 4) is 0 Å². The molecule has 2 amide bonds. The summed E-state index contributed by atoms with van der Waals surface area (Å²) >= 11 is 0. The van der Waals surface area contributed by atoms with Gasteiger partial charge in [-0.05, 0) is 36.8 Å². The molecule has 54 heavy (non-hydrogen) atoms. The molecule has 14 heteroatoms. The summed E-state index contributed by atoms with van der Waals surface area (Å²) in [7, 11) is 5.64. The van der Waals surface area contributed by atoms with Gasteiger partial charge in [-0.2, -0.15) is 5.10 Å². The summed E-state index contributed by atoms with van der Waals surface area (Å²) in [6, 6.07) is 15.3. The van der Waals surface area contributed by atoms with Crippen LogP contribution >= 0.6 is 9.24 Å². The van der Waals surface area contributed by atoms with Crippen LogP contribution in [0.3, 0.4) is 0 Å². The van der Waals surface area contributed by atoms with Gasteiger partial charge in [-0.25, -0.2) is 0 Å². The fraction of sp³-hybridized carbons (Fsp3) is 0.550. The number of unbranched alkanes of at least 4 members (excludes halogenated alkanes) is 2. The zero-order valence-electron chi connectivity index (χ0n) is 31.9. The van der Waals surface area contributed by atoms with Gasteiger partial charge in [0, 0.05) is 63.5 Å². The highest BCUT2D eigenvalue weighted by Crippen LogP contribution is 2.32. The van der Waals surface area contributed by atoms with E-state index in [0.717, 1.165) is 41.5 Å². The highest BCUT2D eigenvalue weighted by Gasteiger charge is 2.30. The van der Waals surface area contributed by atoms with Gasteiger partial charge < -0.3 is 34.6 Å². The monoisotopic (exact) mass is 767 g/mol. The molecule has 0 spiro atoms. The molecular weight excluding hydrogens is 709 g/mol. The van der Waals surface area contributed by atoms with Gasteiger partial charge in [0.2, 0.25) is 11.8 Å². The SMILES string of the molecule is CN(CCCCCC(=O)C1Cc2ccccc2C(=N)/C(=N\N)c2ccccc21)C(=O)CCOCCOCCOCCOCCN(C)C(=O)CCCC(=O)P. The molecule has 2 unspecified atom stereocenters. The van der Waals surface area contributed by atoms with Gasteiger partial charge in [0.25, 0.3) is 0 Å². The van der Waals surface area contributed by atoms with Crippen LogP contribution in [0, 0.1) is 5.41 Å². The van der Waals surface area contributed by atoms with Gasteiger partial charge in [0.1, 0.15) is 17.0 Å². The molecule has 1 aliphatic carbocycles. The number of nitrogens with zero attached hydrogens (tertiary/aromatic N) is 3. The molecule has 296 valence electrons. The van der Waals surface area contributed by atoms with Crippen LogP contribution in [0.25, 0.3) is 0 Å². The highest BCUT2D eigenvalue weighted by atomic mass is 31.0. The normalized spacial score (nSPS) is 14.5. The molecule has 1 aliphatic rings. The van der Waals surface area contributed by atoms with Crippen LogP contribution in [-0.4, -0.2) is 124 Å². The van der Waals surface area contributed by atoms with E-state index in [0.29, 0.717) is 104 Å². The van der Waals surface area contributed by atoms with Gasteiger partial charge in [-0.3, -0.25) is 24.6 Å². The summed E-state index contributed by atoms with van der Waals surface area (Å²) in [6.07, 6.45) is 4.87. The number of ether oxygens (including phenoxy) is 4. The van der Waals surface area contributed by atoms with Crippen LogP contribution in [0.1, 0.15) is 79.5 Å². The van der Waals surface area contributed by atoms with E-state index in [1.807, 2.05) is 48.5 Å². The number of amides is 2. The minimum absolute atomic E-state index is 0.000785. The van der Waals surface area contributed by atoms with E-state index in [4.69, 9.17) is 30.2 Å². The Labute approximate surface area is 322 Å². The number of hydrazone groups is 1. The number of carbonyl (C=O) groups is 4. The third kappa shape index (κ3) is 15.5. The second-order valence-corrected chi connectivity index (χ2v) is 13.9. The zero-order valence-corrected chi connectivity index (χ0v) is 33.0. The molecule has 0 heterocycles. The summed E-state index contributed by atoms with van der Waals surface area (Å²) < 4.78 is 22.1. The number of fused-ring (bicyclic) bond motifs is 2. The topological polar surface area (TPSA) is 174 Å². The summed E-state index contributed by atoms with van der Waals surface area (Å²) in [5, 5.41) is 12.7. The van der Waals surface area contributed by atoms with E-state index >= 15 is 0 Å². The Bertz CT molecular complexity index is 1550. The lowest BCUT2D eigenvalue weighted by molar-refractivity contribution is -0.131. The molecule has 2 atom stereocenters.